The summed E-state index contributed by atoms with van der Waals surface area (Å²) in [5, 5.41) is 0. The number of hydrogen-bond acceptors (Lipinski definition) is 2. The van der Waals surface area contributed by atoms with Gasteiger partial charge in [0.2, 0.25) is 0 Å². The van der Waals surface area contributed by atoms with Gasteiger partial charge >= 0.3 is 0 Å². The second-order valence-electron chi connectivity index (χ2n) is 4.78. The number of alkyl halides is 2. The number of rotatable bonds is 2. The van der Waals surface area contributed by atoms with Crippen LogP contribution in [-0.2, 0) is 0 Å². The monoisotopic (exact) mass is 240 g/mol. The van der Waals surface area contributed by atoms with E-state index in [1.54, 1.807) is 0 Å². The minimum Gasteiger partial charge on any atom is -0.328 e. The molecule has 0 aromatic rings. The summed E-state index contributed by atoms with van der Waals surface area (Å²) < 4.78 is 25.8. The van der Waals surface area contributed by atoms with Crippen LogP contribution in [0.4, 0.5) is 8.78 Å². The lowest BCUT2D eigenvalue weighted by Crippen LogP contribution is -2.30. The average molecular weight is 241 g/mol. The zero-order chi connectivity index (χ0) is 10.2. The highest BCUT2D eigenvalue weighted by molar-refractivity contribution is 5.85. The summed E-state index contributed by atoms with van der Waals surface area (Å²) in [5.41, 5.74) is 5.79. The molecule has 1 saturated heterocycles. The Morgan fingerprint density at radius 1 is 1.33 bits per heavy atom. The van der Waals surface area contributed by atoms with Crippen LogP contribution in [0.5, 0.6) is 0 Å². The van der Waals surface area contributed by atoms with E-state index in [2.05, 4.69) is 0 Å². The first-order valence-corrected chi connectivity index (χ1v) is 5.41. The van der Waals surface area contributed by atoms with Gasteiger partial charge in [-0.05, 0) is 25.2 Å². The van der Waals surface area contributed by atoms with Crippen LogP contribution >= 0.6 is 12.4 Å². The predicted molar refractivity (Wildman–Crippen MR) is 58.6 cm³/mol. The van der Waals surface area contributed by atoms with Crippen LogP contribution in [0.15, 0.2) is 0 Å². The molecule has 0 amide bonds. The first-order valence-electron chi connectivity index (χ1n) is 5.41. The van der Waals surface area contributed by atoms with Gasteiger partial charge in [0.05, 0.1) is 6.54 Å². The Kier molecular flexibility index (Phi) is 4.32. The van der Waals surface area contributed by atoms with Crippen molar-refractivity contribution in [2.75, 3.05) is 19.6 Å². The highest BCUT2D eigenvalue weighted by Gasteiger charge is 2.39. The summed E-state index contributed by atoms with van der Waals surface area (Å²) >= 11 is 0. The number of halogens is 3. The third-order valence-corrected chi connectivity index (χ3v) is 3.35. The Labute approximate surface area is 95.6 Å². The van der Waals surface area contributed by atoms with Crippen LogP contribution < -0.4 is 5.73 Å². The highest BCUT2D eigenvalue weighted by Crippen LogP contribution is 2.30. The molecule has 1 aliphatic heterocycles. The molecule has 1 saturated carbocycles. The lowest BCUT2D eigenvalue weighted by Gasteiger charge is -2.19. The molecule has 90 valence electrons. The van der Waals surface area contributed by atoms with Gasteiger partial charge in [-0.2, -0.15) is 0 Å². The van der Waals surface area contributed by atoms with Gasteiger partial charge in [-0.25, -0.2) is 8.78 Å². The summed E-state index contributed by atoms with van der Waals surface area (Å²) in [4.78, 5) is 1.89. The van der Waals surface area contributed by atoms with Crippen molar-refractivity contribution in [3.05, 3.63) is 0 Å². The summed E-state index contributed by atoms with van der Waals surface area (Å²) in [6.45, 7) is 1.33. The fourth-order valence-corrected chi connectivity index (χ4v) is 2.61. The molecule has 0 bridgehead atoms. The smallest absolute Gasteiger partial charge is 0.261 e. The molecular formula is C10H19ClF2N2. The average Bonchev–Trinajstić information content (AvgIpc) is 2.59. The van der Waals surface area contributed by atoms with Crippen LogP contribution in [0.2, 0.25) is 0 Å². The van der Waals surface area contributed by atoms with Crippen molar-refractivity contribution in [2.24, 2.45) is 11.7 Å². The SMILES string of the molecule is Cl.N[C@@H]1CC[C@H](CN2CCC(F)(F)C2)C1. The van der Waals surface area contributed by atoms with Crippen molar-refractivity contribution in [1.82, 2.24) is 4.90 Å². The lowest BCUT2D eigenvalue weighted by molar-refractivity contribution is 0.0109. The minimum atomic E-state index is -2.44. The highest BCUT2D eigenvalue weighted by atomic mass is 35.5. The van der Waals surface area contributed by atoms with Gasteiger partial charge < -0.3 is 5.73 Å². The number of hydrogen-bond donors (Lipinski definition) is 1. The topological polar surface area (TPSA) is 29.3 Å². The Balaban J connectivity index is 0.00000112. The lowest BCUT2D eigenvalue weighted by atomic mass is 10.1. The number of nitrogens with zero attached hydrogens (tertiary/aromatic N) is 1. The van der Waals surface area contributed by atoms with Crippen molar-refractivity contribution in [3.63, 3.8) is 0 Å². The molecular weight excluding hydrogens is 222 g/mol. The van der Waals surface area contributed by atoms with Crippen molar-refractivity contribution >= 4 is 12.4 Å². The summed E-state index contributed by atoms with van der Waals surface area (Å²) in [6, 6.07) is 0.308. The van der Waals surface area contributed by atoms with Crippen molar-refractivity contribution in [3.8, 4) is 0 Å². The molecule has 0 aromatic carbocycles. The van der Waals surface area contributed by atoms with E-state index in [0.29, 0.717) is 18.5 Å². The van der Waals surface area contributed by atoms with E-state index >= 15 is 0 Å². The predicted octanol–water partition coefficient (Wildman–Crippen LogP) is 1.88. The van der Waals surface area contributed by atoms with Crippen LogP contribution in [0.3, 0.4) is 0 Å². The fourth-order valence-electron chi connectivity index (χ4n) is 2.61. The number of likely N-dealkylation sites (tertiary alicyclic amines) is 1. The Hall–Kier alpha value is 0.0700. The fraction of sp³-hybridized carbons (Fsp3) is 1.00. The Morgan fingerprint density at radius 2 is 2.07 bits per heavy atom. The Morgan fingerprint density at radius 3 is 2.53 bits per heavy atom. The third-order valence-electron chi connectivity index (χ3n) is 3.35. The zero-order valence-corrected chi connectivity index (χ0v) is 9.61. The molecule has 1 heterocycles. The molecule has 0 spiro atoms. The van der Waals surface area contributed by atoms with Gasteiger partial charge in [0.1, 0.15) is 0 Å². The molecule has 2 fully saturated rings. The normalized spacial score (nSPS) is 35.4. The summed E-state index contributed by atoms with van der Waals surface area (Å²) in [5.74, 6) is -1.89. The molecule has 5 heteroatoms. The van der Waals surface area contributed by atoms with Gasteiger partial charge in [-0.1, -0.05) is 0 Å². The van der Waals surface area contributed by atoms with E-state index in [9.17, 15) is 8.78 Å². The molecule has 2 rings (SSSR count). The zero-order valence-electron chi connectivity index (χ0n) is 8.79. The van der Waals surface area contributed by atoms with E-state index in [-0.39, 0.29) is 25.4 Å². The standard InChI is InChI=1S/C10H18F2N2.ClH/c11-10(12)3-4-14(7-10)6-8-1-2-9(13)5-8;/h8-9H,1-7,13H2;1H/t8-,9+;/m0./s1. The Bertz CT molecular complexity index is 214. The van der Waals surface area contributed by atoms with Crippen molar-refractivity contribution < 1.29 is 8.78 Å². The van der Waals surface area contributed by atoms with Crippen LogP contribution in [0, 0.1) is 5.92 Å². The minimum absolute atomic E-state index is 0. The summed E-state index contributed by atoms with van der Waals surface area (Å²) in [6.07, 6.45) is 3.23. The van der Waals surface area contributed by atoms with Crippen LogP contribution in [0.25, 0.3) is 0 Å². The molecule has 0 aromatic heterocycles. The van der Waals surface area contributed by atoms with Gasteiger partial charge in [-0.3, -0.25) is 4.90 Å². The number of nitrogens with two attached hydrogens (primary N) is 1. The van der Waals surface area contributed by atoms with Crippen molar-refractivity contribution in [1.29, 1.82) is 0 Å². The van der Waals surface area contributed by atoms with E-state index < -0.39 is 5.92 Å². The molecule has 0 radical (unpaired) electrons. The first-order chi connectivity index (χ1) is 6.55. The van der Waals surface area contributed by atoms with Gasteiger partial charge in [0.15, 0.2) is 0 Å². The maximum atomic E-state index is 12.9. The van der Waals surface area contributed by atoms with Gasteiger partial charge in [0, 0.05) is 25.6 Å². The molecule has 2 nitrogen and oxygen atoms in total. The second-order valence-corrected chi connectivity index (χ2v) is 4.78. The van der Waals surface area contributed by atoms with Gasteiger partial charge in [0.25, 0.3) is 5.92 Å². The molecule has 0 unspecified atom stereocenters. The molecule has 2 N–H and O–H groups in total. The van der Waals surface area contributed by atoms with Crippen LogP contribution in [0.1, 0.15) is 25.7 Å². The van der Waals surface area contributed by atoms with Crippen molar-refractivity contribution in [2.45, 2.75) is 37.6 Å². The largest absolute Gasteiger partial charge is 0.328 e. The quantitative estimate of drug-likeness (QED) is 0.799. The molecule has 2 atom stereocenters. The van der Waals surface area contributed by atoms with E-state index in [4.69, 9.17) is 5.73 Å². The van der Waals surface area contributed by atoms with E-state index in [0.717, 1.165) is 25.8 Å². The molecule has 1 aliphatic carbocycles. The maximum absolute atomic E-state index is 12.9. The van der Waals surface area contributed by atoms with Crippen LogP contribution in [-0.4, -0.2) is 36.5 Å². The maximum Gasteiger partial charge on any atom is 0.261 e. The molecule has 2 aliphatic rings. The van der Waals surface area contributed by atoms with E-state index in [1.165, 1.54) is 0 Å². The molecule has 15 heavy (non-hydrogen) atoms. The second kappa shape index (κ2) is 4.93. The summed E-state index contributed by atoms with van der Waals surface area (Å²) in [7, 11) is 0. The third kappa shape index (κ3) is 3.54. The first kappa shape index (κ1) is 13.1. The van der Waals surface area contributed by atoms with Gasteiger partial charge in [-0.15, -0.1) is 12.4 Å². The van der Waals surface area contributed by atoms with E-state index in [1.807, 2.05) is 4.90 Å².